The number of rotatable bonds is 10. The standard InChI is InChI=1S/C21H25N5O2S/c1-4-11-25(12-5-2)19(28)14-29-21-24-23-20(16-9-10-16)26(21)18-8-6-7-17(13-18)22-15(3)27/h4-8,13,16H,1-2,9-12,14H2,3H3,(H,22,27). The van der Waals surface area contributed by atoms with Crippen LogP contribution in [0.4, 0.5) is 5.69 Å². The minimum absolute atomic E-state index is 0.00989. The van der Waals surface area contributed by atoms with E-state index in [0.717, 1.165) is 24.4 Å². The van der Waals surface area contributed by atoms with Crippen LogP contribution in [0, 0.1) is 0 Å². The molecule has 2 aromatic rings. The van der Waals surface area contributed by atoms with Crippen LogP contribution in [0.25, 0.3) is 5.69 Å². The maximum Gasteiger partial charge on any atom is 0.233 e. The van der Waals surface area contributed by atoms with Gasteiger partial charge in [0.2, 0.25) is 11.8 Å². The number of carbonyl (C=O) groups excluding carboxylic acids is 2. The van der Waals surface area contributed by atoms with Gasteiger partial charge in [0.1, 0.15) is 5.82 Å². The lowest BCUT2D eigenvalue weighted by Crippen LogP contribution is -2.32. The fourth-order valence-electron chi connectivity index (χ4n) is 2.96. The molecule has 0 atom stereocenters. The van der Waals surface area contributed by atoms with E-state index in [0.29, 0.717) is 29.9 Å². The molecule has 29 heavy (non-hydrogen) atoms. The Kier molecular flexibility index (Phi) is 6.87. The number of hydrogen-bond acceptors (Lipinski definition) is 5. The highest BCUT2D eigenvalue weighted by atomic mass is 32.2. The molecule has 152 valence electrons. The fourth-order valence-corrected chi connectivity index (χ4v) is 3.82. The van der Waals surface area contributed by atoms with Gasteiger partial charge < -0.3 is 10.2 Å². The average Bonchev–Trinajstić information content (AvgIpc) is 3.45. The quantitative estimate of drug-likeness (QED) is 0.479. The van der Waals surface area contributed by atoms with Crippen LogP contribution >= 0.6 is 11.8 Å². The van der Waals surface area contributed by atoms with Crippen LogP contribution in [0.3, 0.4) is 0 Å². The molecule has 7 nitrogen and oxygen atoms in total. The zero-order valence-corrected chi connectivity index (χ0v) is 17.3. The van der Waals surface area contributed by atoms with Crippen LogP contribution in [-0.4, -0.2) is 50.3 Å². The average molecular weight is 412 g/mol. The van der Waals surface area contributed by atoms with E-state index >= 15 is 0 Å². The molecular formula is C21H25N5O2S. The van der Waals surface area contributed by atoms with Gasteiger partial charge in [-0.1, -0.05) is 30.0 Å². The van der Waals surface area contributed by atoms with Gasteiger partial charge >= 0.3 is 0 Å². The number of carbonyl (C=O) groups is 2. The van der Waals surface area contributed by atoms with E-state index in [2.05, 4.69) is 28.7 Å². The molecule has 8 heteroatoms. The minimum atomic E-state index is -0.127. The number of amides is 2. The Bertz CT molecular complexity index is 910. The van der Waals surface area contributed by atoms with E-state index in [1.54, 1.807) is 17.1 Å². The monoisotopic (exact) mass is 411 g/mol. The van der Waals surface area contributed by atoms with Crippen molar-refractivity contribution in [2.24, 2.45) is 0 Å². The third-order valence-electron chi connectivity index (χ3n) is 4.40. The molecule has 0 radical (unpaired) electrons. The summed E-state index contributed by atoms with van der Waals surface area (Å²) >= 11 is 1.36. The van der Waals surface area contributed by atoms with E-state index in [-0.39, 0.29) is 17.6 Å². The first kappa shape index (κ1) is 20.9. The molecule has 1 saturated carbocycles. The van der Waals surface area contributed by atoms with Crippen molar-refractivity contribution in [2.75, 3.05) is 24.2 Å². The normalized spacial score (nSPS) is 13.0. The van der Waals surface area contributed by atoms with E-state index in [1.165, 1.54) is 18.7 Å². The lowest BCUT2D eigenvalue weighted by molar-refractivity contribution is -0.127. The zero-order valence-electron chi connectivity index (χ0n) is 16.5. The number of anilines is 1. The van der Waals surface area contributed by atoms with Gasteiger partial charge in [-0.05, 0) is 31.0 Å². The first-order chi connectivity index (χ1) is 14.0. The van der Waals surface area contributed by atoms with Gasteiger partial charge in [0.25, 0.3) is 0 Å². The molecule has 1 aromatic heterocycles. The molecule has 1 N–H and O–H groups in total. The Labute approximate surface area is 174 Å². The molecule has 2 amide bonds. The Morgan fingerprint density at radius 3 is 2.62 bits per heavy atom. The molecule has 1 aliphatic rings. The summed E-state index contributed by atoms with van der Waals surface area (Å²) in [6.07, 6.45) is 5.57. The van der Waals surface area contributed by atoms with Crippen molar-refractivity contribution >= 4 is 29.3 Å². The van der Waals surface area contributed by atoms with Crippen molar-refractivity contribution in [1.29, 1.82) is 0 Å². The number of benzene rings is 1. The van der Waals surface area contributed by atoms with Crippen LogP contribution in [0.15, 0.2) is 54.7 Å². The van der Waals surface area contributed by atoms with Crippen LogP contribution in [-0.2, 0) is 9.59 Å². The number of nitrogens with zero attached hydrogens (tertiary/aromatic N) is 4. The summed E-state index contributed by atoms with van der Waals surface area (Å²) in [4.78, 5) is 25.7. The smallest absolute Gasteiger partial charge is 0.233 e. The molecule has 0 spiro atoms. The first-order valence-corrected chi connectivity index (χ1v) is 10.5. The van der Waals surface area contributed by atoms with E-state index in [4.69, 9.17) is 0 Å². The summed E-state index contributed by atoms with van der Waals surface area (Å²) in [7, 11) is 0. The highest BCUT2D eigenvalue weighted by Crippen LogP contribution is 2.41. The second-order valence-corrected chi connectivity index (χ2v) is 7.79. The summed E-state index contributed by atoms with van der Waals surface area (Å²) in [6, 6.07) is 7.57. The fraction of sp³-hybridized carbons (Fsp3) is 0.333. The van der Waals surface area contributed by atoms with Crippen molar-refractivity contribution < 1.29 is 9.59 Å². The number of thioether (sulfide) groups is 1. The molecule has 3 rings (SSSR count). The van der Waals surface area contributed by atoms with Crippen molar-refractivity contribution in [3.8, 4) is 5.69 Å². The van der Waals surface area contributed by atoms with Gasteiger partial charge in [-0.3, -0.25) is 14.2 Å². The topological polar surface area (TPSA) is 80.1 Å². The summed E-state index contributed by atoms with van der Waals surface area (Å²) in [6.45, 7) is 9.84. The summed E-state index contributed by atoms with van der Waals surface area (Å²) < 4.78 is 1.99. The third kappa shape index (κ3) is 5.35. The minimum Gasteiger partial charge on any atom is -0.335 e. The maximum absolute atomic E-state index is 12.6. The molecule has 1 aromatic carbocycles. The molecule has 0 aliphatic heterocycles. The third-order valence-corrected chi connectivity index (χ3v) is 5.32. The van der Waals surface area contributed by atoms with Crippen molar-refractivity contribution in [3.05, 3.63) is 55.4 Å². The second kappa shape index (κ2) is 9.56. The molecule has 1 heterocycles. The van der Waals surface area contributed by atoms with Crippen molar-refractivity contribution in [1.82, 2.24) is 19.7 Å². The van der Waals surface area contributed by atoms with Crippen LogP contribution in [0.2, 0.25) is 0 Å². The SMILES string of the molecule is C=CCN(CC=C)C(=O)CSc1nnc(C2CC2)n1-c1cccc(NC(C)=O)c1. The van der Waals surface area contributed by atoms with Gasteiger partial charge in [-0.25, -0.2) is 0 Å². The lowest BCUT2D eigenvalue weighted by Gasteiger charge is -2.19. The summed E-state index contributed by atoms with van der Waals surface area (Å²) in [5.74, 6) is 1.39. The van der Waals surface area contributed by atoms with Crippen LogP contribution in [0.1, 0.15) is 31.5 Å². The van der Waals surface area contributed by atoms with Gasteiger partial charge in [-0.2, -0.15) is 0 Å². The molecule has 0 unspecified atom stereocenters. The van der Waals surface area contributed by atoms with Gasteiger partial charge in [0.15, 0.2) is 5.16 Å². The highest BCUT2D eigenvalue weighted by molar-refractivity contribution is 7.99. The van der Waals surface area contributed by atoms with E-state index in [1.807, 2.05) is 28.8 Å². The van der Waals surface area contributed by atoms with Gasteiger partial charge in [0, 0.05) is 31.6 Å². The molecule has 0 saturated heterocycles. The number of aromatic nitrogens is 3. The van der Waals surface area contributed by atoms with Crippen molar-refractivity contribution in [2.45, 2.75) is 30.8 Å². The van der Waals surface area contributed by atoms with Gasteiger partial charge in [-0.15, -0.1) is 23.4 Å². The summed E-state index contributed by atoms with van der Waals surface area (Å²) in [5.41, 5.74) is 1.58. The molecular weight excluding hydrogens is 386 g/mol. The molecule has 0 bridgehead atoms. The van der Waals surface area contributed by atoms with E-state index < -0.39 is 0 Å². The number of hydrogen-bond donors (Lipinski definition) is 1. The Balaban J connectivity index is 1.84. The van der Waals surface area contributed by atoms with Crippen molar-refractivity contribution in [3.63, 3.8) is 0 Å². The predicted molar refractivity (Wildman–Crippen MR) is 115 cm³/mol. The zero-order chi connectivity index (χ0) is 20.8. The predicted octanol–water partition coefficient (Wildman–Crippen LogP) is 3.40. The van der Waals surface area contributed by atoms with Crippen LogP contribution in [0.5, 0.6) is 0 Å². The Morgan fingerprint density at radius 2 is 2.00 bits per heavy atom. The maximum atomic E-state index is 12.6. The lowest BCUT2D eigenvalue weighted by atomic mass is 10.2. The first-order valence-electron chi connectivity index (χ1n) is 9.49. The highest BCUT2D eigenvalue weighted by Gasteiger charge is 2.31. The number of nitrogens with one attached hydrogen (secondary N) is 1. The molecule has 1 aliphatic carbocycles. The van der Waals surface area contributed by atoms with Crippen LogP contribution < -0.4 is 5.32 Å². The second-order valence-electron chi connectivity index (χ2n) is 6.85. The van der Waals surface area contributed by atoms with E-state index in [9.17, 15) is 9.59 Å². The van der Waals surface area contributed by atoms with Gasteiger partial charge in [0.05, 0.1) is 11.4 Å². The Morgan fingerprint density at radius 1 is 1.28 bits per heavy atom. The Hall–Kier alpha value is -2.87. The molecule has 1 fully saturated rings. The summed E-state index contributed by atoms with van der Waals surface area (Å²) in [5, 5.41) is 12.2. The largest absolute Gasteiger partial charge is 0.335 e.